The van der Waals surface area contributed by atoms with Crippen LogP contribution in [0.1, 0.15) is 62.1 Å². The van der Waals surface area contributed by atoms with Gasteiger partial charge in [0.1, 0.15) is 5.82 Å². The van der Waals surface area contributed by atoms with Gasteiger partial charge < -0.3 is 5.11 Å². The molecule has 1 nitrogen and oxygen atoms in total. The standard InChI is InChI=1S/C23H29FOS/c1-4-6-12-23(5-2)15-26-20-11-10-16(3)13-19(20)21(22(23)25)17-8-7-9-18(24)14-17/h7-11,13-14,21-22,25H,4-6,12,15H2,1-3H3/t21-,22-,23+/m0/s1. The van der Waals surface area contributed by atoms with Crippen LogP contribution >= 0.6 is 11.8 Å². The summed E-state index contributed by atoms with van der Waals surface area (Å²) in [5.41, 5.74) is 3.04. The average Bonchev–Trinajstić information content (AvgIpc) is 2.75. The van der Waals surface area contributed by atoms with Crippen LogP contribution in [-0.4, -0.2) is 17.0 Å². The van der Waals surface area contributed by atoms with Crippen LogP contribution in [0.5, 0.6) is 0 Å². The summed E-state index contributed by atoms with van der Waals surface area (Å²) in [7, 11) is 0. The Kier molecular flexibility index (Phi) is 6.09. The predicted molar refractivity (Wildman–Crippen MR) is 108 cm³/mol. The first-order chi connectivity index (χ1) is 12.5. The van der Waals surface area contributed by atoms with Gasteiger partial charge in [-0.2, -0.15) is 0 Å². The van der Waals surface area contributed by atoms with Crippen LogP contribution in [0.3, 0.4) is 0 Å². The fourth-order valence-corrected chi connectivity index (χ4v) is 5.65. The van der Waals surface area contributed by atoms with E-state index in [-0.39, 0.29) is 17.2 Å². The van der Waals surface area contributed by atoms with Crippen LogP contribution < -0.4 is 0 Å². The second-order valence-corrected chi connectivity index (χ2v) is 8.64. The van der Waals surface area contributed by atoms with Crippen LogP contribution in [0.2, 0.25) is 0 Å². The second kappa shape index (κ2) is 8.14. The third-order valence-electron chi connectivity index (χ3n) is 5.90. The van der Waals surface area contributed by atoms with Crippen molar-refractivity contribution >= 4 is 11.8 Å². The first-order valence-corrected chi connectivity index (χ1v) is 10.7. The van der Waals surface area contributed by atoms with Crippen molar-refractivity contribution in [3.63, 3.8) is 0 Å². The molecule has 26 heavy (non-hydrogen) atoms. The molecule has 0 unspecified atom stereocenters. The highest BCUT2D eigenvalue weighted by Crippen LogP contribution is 2.50. The average molecular weight is 373 g/mol. The number of unbranched alkanes of at least 4 members (excludes halogenated alkanes) is 1. The Hall–Kier alpha value is -1.32. The Labute approximate surface area is 161 Å². The maximum Gasteiger partial charge on any atom is 0.123 e. The van der Waals surface area contributed by atoms with Gasteiger partial charge in [-0.1, -0.05) is 56.5 Å². The van der Waals surface area contributed by atoms with Crippen LogP contribution in [0.25, 0.3) is 0 Å². The molecule has 0 aliphatic carbocycles. The van der Waals surface area contributed by atoms with E-state index in [2.05, 4.69) is 39.0 Å². The van der Waals surface area contributed by atoms with Crippen molar-refractivity contribution < 1.29 is 9.50 Å². The fourth-order valence-electron chi connectivity index (χ4n) is 4.17. The highest BCUT2D eigenvalue weighted by atomic mass is 32.2. The molecule has 0 saturated heterocycles. The largest absolute Gasteiger partial charge is 0.392 e. The molecule has 2 aromatic carbocycles. The molecule has 1 heterocycles. The molecule has 0 bridgehead atoms. The van der Waals surface area contributed by atoms with E-state index in [1.165, 1.54) is 16.5 Å². The van der Waals surface area contributed by atoms with Crippen LogP contribution in [-0.2, 0) is 0 Å². The third kappa shape index (κ3) is 3.70. The third-order valence-corrected chi connectivity index (χ3v) is 7.30. The first-order valence-electron chi connectivity index (χ1n) is 9.67. The van der Waals surface area contributed by atoms with Gasteiger partial charge in [0, 0.05) is 22.0 Å². The van der Waals surface area contributed by atoms with Gasteiger partial charge in [-0.25, -0.2) is 4.39 Å². The molecule has 0 radical (unpaired) electrons. The lowest BCUT2D eigenvalue weighted by Crippen LogP contribution is -2.40. The van der Waals surface area contributed by atoms with Crippen LogP contribution in [0, 0.1) is 18.2 Å². The molecule has 1 aliphatic heterocycles. The maximum absolute atomic E-state index is 14.0. The molecule has 1 aliphatic rings. The number of halogens is 1. The Morgan fingerprint density at radius 2 is 2.00 bits per heavy atom. The lowest BCUT2D eigenvalue weighted by molar-refractivity contribution is 0.0182. The van der Waals surface area contributed by atoms with Crippen molar-refractivity contribution in [2.45, 2.75) is 63.4 Å². The molecule has 2 aromatic rings. The Morgan fingerprint density at radius 1 is 1.19 bits per heavy atom. The summed E-state index contributed by atoms with van der Waals surface area (Å²) in [5.74, 6) is 0.482. The Balaban J connectivity index is 2.15. The van der Waals surface area contributed by atoms with Crippen LogP contribution in [0.15, 0.2) is 47.4 Å². The van der Waals surface area contributed by atoms with Gasteiger partial charge in [-0.05, 0) is 49.1 Å². The summed E-state index contributed by atoms with van der Waals surface area (Å²) >= 11 is 1.85. The first kappa shape index (κ1) is 19.4. The van der Waals surface area contributed by atoms with E-state index in [1.54, 1.807) is 12.1 Å². The van der Waals surface area contributed by atoms with E-state index in [0.717, 1.165) is 42.6 Å². The van der Waals surface area contributed by atoms with Crippen molar-refractivity contribution in [3.8, 4) is 0 Å². The normalized spacial score (nSPS) is 25.6. The SMILES string of the molecule is CCCC[C@]1(CC)CSc2ccc(C)cc2[C@H](c2cccc(F)c2)[C@@H]1O. The highest BCUT2D eigenvalue weighted by molar-refractivity contribution is 7.99. The molecule has 3 atom stereocenters. The van der Waals surface area contributed by atoms with E-state index in [4.69, 9.17) is 0 Å². The predicted octanol–water partition coefficient (Wildman–Crippen LogP) is 6.32. The monoisotopic (exact) mass is 372 g/mol. The molecule has 3 heteroatoms. The number of aryl methyl sites for hydroxylation is 1. The zero-order valence-electron chi connectivity index (χ0n) is 16.0. The van der Waals surface area contributed by atoms with Gasteiger partial charge in [0.2, 0.25) is 0 Å². The Bertz CT molecular complexity index is 760. The van der Waals surface area contributed by atoms with Crippen molar-refractivity contribution in [2.75, 3.05) is 5.75 Å². The molecule has 140 valence electrons. The van der Waals surface area contributed by atoms with Gasteiger partial charge in [-0.3, -0.25) is 0 Å². The smallest absolute Gasteiger partial charge is 0.123 e. The number of fused-ring (bicyclic) bond motifs is 1. The van der Waals surface area contributed by atoms with Crippen molar-refractivity contribution in [1.29, 1.82) is 0 Å². The summed E-state index contributed by atoms with van der Waals surface area (Å²) in [6.45, 7) is 6.46. The number of hydrogen-bond acceptors (Lipinski definition) is 2. The maximum atomic E-state index is 14.0. The Morgan fingerprint density at radius 3 is 2.69 bits per heavy atom. The minimum Gasteiger partial charge on any atom is -0.392 e. The minimum atomic E-state index is -0.517. The summed E-state index contributed by atoms with van der Waals surface area (Å²) in [4.78, 5) is 1.22. The van der Waals surface area contributed by atoms with Gasteiger partial charge in [0.05, 0.1) is 6.10 Å². The number of thioether (sulfide) groups is 1. The quantitative estimate of drug-likeness (QED) is 0.663. The number of rotatable bonds is 5. The molecule has 0 fully saturated rings. The molecule has 0 spiro atoms. The lowest BCUT2D eigenvalue weighted by Gasteiger charge is -2.39. The van der Waals surface area contributed by atoms with E-state index in [0.29, 0.717) is 0 Å². The van der Waals surface area contributed by atoms with E-state index in [1.807, 2.05) is 17.8 Å². The van der Waals surface area contributed by atoms with Crippen molar-refractivity contribution in [3.05, 3.63) is 65.0 Å². The van der Waals surface area contributed by atoms with E-state index >= 15 is 0 Å². The molecule has 1 N–H and O–H groups in total. The summed E-state index contributed by atoms with van der Waals surface area (Å²) < 4.78 is 14.0. The van der Waals surface area contributed by atoms with Gasteiger partial charge >= 0.3 is 0 Å². The minimum absolute atomic E-state index is 0.148. The number of benzene rings is 2. The highest BCUT2D eigenvalue weighted by Gasteiger charge is 2.44. The summed E-state index contributed by atoms with van der Waals surface area (Å²) in [6.07, 6.45) is 3.65. The zero-order chi connectivity index (χ0) is 18.7. The van der Waals surface area contributed by atoms with Crippen LogP contribution in [0.4, 0.5) is 4.39 Å². The molecule has 3 rings (SSSR count). The molecular weight excluding hydrogens is 343 g/mol. The summed E-state index contributed by atoms with van der Waals surface area (Å²) in [6, 6.07) is 13.3. The molecule has 0 amide bonds. The second-order valence-electron chi connectivity index (χ2n) is 7.63. The molecule has 0 aromatic heterocycles. The topological polar surface area (TPSA) is 20.2 Å². The van der Waals surface area contributed by atoms with Crippen molar-refractivity contribution in [1.82, 2.24) is 0 Å². The van der Waals surface area contributed by atoms with Crippen molar-refractivity contribution in [2.24, 2.45) is 5.41 Å². The summed E-state index contributed by atoms with van der Waals surface area (Å²) in [5, 5.41) is 11.6. The molecular formula is C23H29FOS. The van der Waals surface area contributed by atoms with Gasteiger partial charge in [0.25, 0.3) is 0 Å². The fraction of sp³-hybridized carbons (Fsp3) is 0.478. The number of aliphatic hydroxyl groups excluding tert-OH is 1. The lowest BCUT2D eigenvalue weighted by atomic mass is 9.69. The number of aliphatic hydroxyl groups is 1. The van der Waals surface area contributed by atoms with Gasteiger partial charge in [-0.15, -0.1) is 11.8 Å². The number of hydrogen-bond donors (Lipinski definition) is 1. The zero-order valence-corrected chi connectivity index (χ0v) is 16.8. The molecule has 0 saturated carbocycles. The van der Waals surface area contributed by atoms with Gasteiger partial charge in [0.15, 0.2) is 0 Å². The van der Waals surface area contributed by atoms with E-state index in [9.17, 15) is 9.50 Å². The van der Waals surface area contributed by atoms with E-state index < -0.39 is 6.10 Å².